The number of aromatic nitrogens is 1. The van der Waals surface area contributed by atoms with Crippen LogP contribution < -0.4 is 5.73 Å². The van der Waals surface area contributed by atoms with Crippen molar-refractivity contribution in [1.82, 2.24) is 9.29 Å². The molecule has 0 amide bonds. The maximum atomic E-state index is 12.1. The fourth-order valence-electron chi connectivity index (χ4n) is 1.53. The molecule has 1 rings (SSSR count). The molecule has 1 aromatic heterocycles. The van der Waals surface area contributed by atoms with Crippen LogP contribution in [0.4, 0.5) is 0 Å². The molecule has 0 saturated carbocycles. The number of oxime groups is 1. The van der Waals surface area contributed by atoms with Gasteiger partial charge in [0.05, 0.1) is 12.3 Å². The second-order valence-electron chi connectivity index (χ2n) is 3.90. The van der Waals surface area contributed by atoms with Gasteiger partial charge in [-0.15, -0.1) is 0 Å². The van der Waals surface area contributed by atoms with Crippen LogP contribution in [0, 0.1) is 0 Å². The number of nitrogens with two attached hydrogens (primary N) is 1. The van der Waals surface area contributed by atoms with Crippen LogP contribution in [-0.2, 0) is 16.4 Å². The van der Waals surface area contributed by atoms with E-state index in [1.165, 1.54) is 4.31 Å². The third-order valence-corrected chi connectivity index (χ3v) is 4.45. The van der Waals surface area contributed by atoms with Crippen molar-refractivity contribution in [1.29, 1.82) is 0 Å². The fraction of sp³-hybridized carbons (Fsp3) is 0.455. The molecular formula is C11H18N4O3S. The van der Waals surface area contributed by atoms with Gasteiger partial charge in [-0.1, -0.05) is 18.1 Å². The van der Waals surface area contributed by atoms with Gasteiger partial charge in [-0.2, -0.15) is 4.31 Å². The molecule has 1 heterocycles. The highest BCUT2D eigenvalue weighted by Crippen LogP contribution is 2.05. The van der Waals surface area contributed by atoms with Crippen molar-refractivity contribution in [2.45, 2.75) is 13.3 Å². The van der Waals surface area contributed by atoms with Crippen LogP contribution in [0.5, 0.6) is 0 Å². The van der Waals surface area contributed by atoms with Gasteiger partial charge >= 0.3 is 0 Å². The molecule has 0 fully saturated rings. The van der Waals surface area contributed by atoms with Gasteiger partial charge in [0, 0.05) is 24.9 Å². The second-order valence-corrected chi connectivity index (χ2v) is 5.99. The summed E-state index contributed by atoms with van der Waals surface area (Å²) in [5.74, 6) is -0.195. The van der Waals surface area contributed by atoms with Crippen LogP contribution in [-0.4, -0.2) is 47.6 Å². The Kier molecular flexibility index (Phi) is 5.71. The molecule has 0 aromatic carbocycles. The highest BCUT2D eigenvalue weighted by molar-refractivity contribution is 7.89. The van der Waals surface area contributed by atoms with Crippen LogP contribution in [0.2, 0.25) is 0 Å². The van der Waals surface area contributed by atoms with Crippen molar-refractivity contribution in [3.05, 3.63) is 30.1 Å². The Morgan fingerprint density at radius 3 is 2.79 bits per heavy atom. The molecule has 0 saturated heterocycles. The highest BCUT2D eigenvalue weighted by Gasteiger charge is 2.21. The topological polar surface area (TPSA) is 109 Å². The van der Waals surface area contributed by atoms with Gasteiger partial charge in [0.15, 0.2) is 5.84 Å². The minimum absolute atomic E-state index is 0.0590. The molecule has 8 heteroatoms. The van der Waals surface area contributed by atoms with E-state index in [-0.39, 0.29) is 24.7 Å². The Bertz CT molecular complexity index is 516. The van der Waals surface area contributed by atoms with E-state index in [9.17, 15) is 8.42 Å². The summed E-state index contributed by atoms with van der Waals surface area (Å²) in [7, 11) is -3.45. The van der Waals surface area contributed by atoms with Gasteiger partial charge in [0.2, 0.25) is 10.0 Å². The van der Waals surface area contributed by atoms with Crippen molar-refractivity contribution in [3.63, 3.8) is 0 Å². The molecule has 0 bridgehead atoms. The predicted molar refractivity (Wildman–Crippen MR) is 72.4 cm³/mol. The van der Waals surface area contributed by atoms with Crippen molar-refractivity contribution in [2.24, 2.45) is 10.9 Å². The van der Waals surface area contributed by atoms with Crippen molar-refractivity contribution < 1.29 is 13.6 Å². The largest absolute Gasteiger partial charge is 0.409 e. The Hall–Kier alpha value is -1.67. The Morgan fingerprint density at radius 2 is 2.26 bits per heavy atom. The molecule has 0 aliphatic carbocycles. The quantitative estimate of drug-likeness (QED) is 0.318. The number of rotatable bonds is 7. The maximum Gasteiger partial charge on any atom is 0.214 e. The van der Waals surface area contributed by atoms with Gasteiger partial charge in [0.1, 0.15) is 0 Å². The minimum atomic E-state index is -3.45. The summed E-state index contributed by atoms with van der Waals surface area (Å²) >= 11 is 0. The molecule has 1 aromatic rings. The van der Waals surface area contributed by atoms with Gasteiger partial charge in [-0.3, -0.25) is 4.98 Å². The normalized spacial score (nSPS) is 12.8. The molecule has 7 nitrogen and oxygen atoms in total. The highest BCUT2D eigenvalue weighted by atomic mass is 32.2. The van der Waals surface area contributed by atoms with Gasteiger partial charge in [0.25, 0.3) is 0 Å². The minimum Gasteiger partial charge on any atom is -0.409 e. The van der Waals surface area contributed by atoms with E-state index in [2.05, 4.69) is 10.1 Å². The zero-order valence-corrected chi connectivity index (χ0v) is 11.5. The zero-order chi connectivity index (χ0) is 14.3. The van der Waals surface area contributed by atoms with Crippen molar-refractivity contribution in [2.75, 3.05) is 18.8 Å². The van der Waals surface area contributed by atoms with Crippen LogP contribution in [0.25, 0.3) is 0 Å². The van der Waals surface area contributed by atoms with Crippen LogP contribution in [0.3, 0.4) is 0 Å². The summed E-state index contributed by atoms with van der Waals surface area (Å²) in [6, 6.07) is 5.35. The molecule has 3 N–H and O–H groups in total. The van der Waals surface area contributed by atoms with E-state index in [1.807, 2.05) is 6.07 Å². The lowest BCUT2D eigenvalue weighted by Crippen LogP contribution is -2.40. The summed E-state index contributed by atoms with van der Waals surface area (Å²) in [6.07, 6.45) is 1.95. The Morgan fingerprint density at radius 1 is 1.53 bits per heavy atom. The average Bonchev–Trinajstić information content (AvgIpc) is 2.43. The molecule has 19 heavy (non-hydrogen) atoms. The van der Waals surface area contributed by atoms with Crippen LogP contribution >= 0.6 is 0 Å². The first-order chi connectivity index (χ1) is 8.99. The molecule has 0 atom stereocenters. The van der Waals surface area contributed by atoms with E-state index in [1.54, 1.807) is 25.3 Å². The third-order valence-electron chi connectivity index (χ3n) is 2.56. The predicted octanol–water partition coefficient (Wildman–Crippen LogP) is 0.0222. The first-order valence-electron chi connectivity index (χ1n) is 5.83. The number of hydrogen-bond acceptors (Lipinski definition) is 5. The van der Waals surface area contributed by atoms with E-state index in [4.69, 9.17) is 10.9 Å². The molecular weight excluding hydrogens is 268 g/mol. The van der Waals surface area contributed by atoms with Gasteiger partial charge in [-0.05, 0) is 12.1 Å². The fourth-order valence-corrected chi connectivity index (χ4v) is 2.98. The zero-order valence-electron chi connectivity index (χ0n) is 10.7. The van der Waals surface area contributed by atoms with Crippen molar-refractivity contribution >= 4 is 15.9 Å². The third kappa shape index (κ3) is 4.84. The molecule has 0 spiro atoms. The molecule has 0 aliphatic rings. The first kappa shape index (κ1) is 15.4. The van der Waals surface area contributed by atoms with Gasteiger partial charge < -0.3 is 10.9 Å². The Labute approximate surface area is 112 Å². The summed E-state index contributed by atoms with van der Waals surface area (Å²) < 4.78 is 25.4. The number of sulfonamides is 1. The maximum absolute atomic E-state index is 12.1. The number of likely N-dealkylation sites (N-methyl/N-ethyl adjacent to an activating group) is 1. The smallest absolute Gasteiger partial charge is 0.214 e. The van der Waals surface area contributed by atoms with Crippen LogP contribution in [0.1, 0.15) is 12.6 Å². The van der Waals surface area contributed by atoms with Gasteiger partial charge in [-0.25, -0.2) is 8.42 Å². The van der Waals surface area contributed by atoms with E-state index in [0.717, 1.165) is 0 Å². The monoisotopic (exact) mass is 286 g/mol. The molecule has 106 valence electrons. The summed E-state index contributed by atoms with van der Waals surface area (Å²) in [4.78, 5) is 4.07. The second kappa shape index (κ2) is 7.05. The lowest BCUT2D eigenvalue weighted by Gasteiger charge is -2.19. The number of amidine groups is 1. The lowest BCUT2D eigenvalue weighted by molar-refractivity contribution is 0.315. The summed E-state index contributed by atoms with van der Waals surface area (Å²) in [5.41, 5.74) is 6.05. The van der Waals surface area contributed by atoms with E-state index >= 15 is 0 Å². The number of hydrogen-bond donors (Lipinski definition) is 2. The Balaban J connectivity index is 2.68. The lowest BCUT2D eigenvalue weighted by atomic mass is 10.3. The van der Waals surface area contributed by atoms with E-state index in [0.29, 0.717) is 12.1 Å². The average molecular weight is 286 g/mol. The SMILES string of the molecule is CCN(CC(N)=NO)S(=O)(=O)CCc1ccccn1. The number of nitrogens with zero attached hydrogens (tertiary/aromatic N) is 3. The molecule has 0 aliphatic heterocycles. The molecule has 0 unspecified atom stereocenters. The van der Waals surface area contributed by atoms with Crippen molar-refractivity contribution in [3.8, 4) is 0 Å². The van der Waals surface area contributed by atoms with Crippen LogP contribution in [0.15, 0.2) is 29.6 Å². The van der Waals surface area contributed by atoms with E-state index < -0.39 is 10.0 Å². The molecule has 0 radical (unpaired) electrons. The standard InChI is InChI=1S/C11H18N4O3S/c1-2-15(9-11(12)14-16)19(17,18)8-6-10-5-3-4-7-13-10/h3-5,7,16H,2,6,8-9H2,1H3,(H2,12,14). The first-order valence-corrected chi connectivity index (χ1v) is 7.44. The number of aryl methyl sites for hydroxylation is 1. The number of pyridine rings is 1. The summed E-state index contributed by atoms with van der Waals surface area (Å²) in [5, 5.41) is 11.3. The summed E-state index contributed by atoms with van der Waals surface area (Å²) in [6.45, 7) is 1.85.